The fourth-order valence-electron chi connectivity index (χ4n) is 1.88. The largest absolute Gasteiger partial charge is 0.497 e. The lowest BCUT2D eigenvalue weighted by molar-refractivity contribution is 0.0612. The summed E-state index contributed by atoms with van der Waals surface area (Å²) in [6.07, 6.45) is 0.900. The number of carbonyl (C=O) groups excluding carboxylic acids is 1. The SMILES string of the molecule is CCC(C)N(CCOC)C(=O)c1cc(OC)ccc1Br. The average molecular weight is 344 g/mol. The van der Waals surface area contributed by atoms with E-state index >= 15 is 0 Å². The third kappa shape index (κ3) is 4.21. The van der Waals surface area contributed by atoms with E-state index in [9.17, 15) is 4.79 Å². The van der Waals surface area contributed by atoms with Crippen LogP contribution in [0.2, 0.25) is 0 Å². The average Bonchev–Trinajstić information content (AvgIpc) is 2.47. The number of benzene rings is 1. The predicted molar refractivity (Wildman–Crippen MR) is 83.4 cm³/mol. The summed E-state index contributed by atoms with van der Waals surface area (Å²) in [5.74, 6) is 0.662. The van der Waals surface area contributed by atoms with Crippen molar-refractivity contribution in [2.24, 2.45) is 0 Å². The molecule has 112 valence electrons. The summed E-state index contributed by atoms with van der Waals surface area (Å²) in [7, 11) is 3.23. The highest BCUT2D eigenvalue weighted by molar-refractivity contribution is 9.10. The quantitative estimate of drug-likeness (QED) is 0.762. The Balaban J connectivity index is 3.04. The van der Waals surface area contributed by atoms with Gasteiger partial charge in [0, 0.05) is 24.2 Å². The third-order valence-electron chi connectivity index (χ3n) is 3.32. The first kappa shape index (κ1) is 17.0. The molecule has 0 fully saturated rings. The molecule has 1 rings (SSSR count). The van der Waals surface area contributed by atoms with Crippen molar-refractivity contribution in [2.45, 2.75) is 26.3 Å². The Labute approximate surface area is 129 Å². The first-order valence-electron chi connectivity index (χ1n) is 6.68. The van der Waals surface area contributed by atoms with Crippen LogP contribution in [0.25, 0.3) is 0 Å². The molecule has 1 amide bonds. The van der Waals surface area contributed by atoms with Crippen molar-refractivity contribution in [1.29, 1.82) is 0 Å². The standard InChI is InChI=1S/C15H22BrNO3/c1-5-11(2)17(8-9-19-3)15(18)13-10-12(20-4)6-7-14(13)16/h6-7,10-11H,5,8-9H2,1-4H3. The topological polar surface area (TPSA) is 38.8 Å². The molecule has 0 spiro atoms. The molecule has 0 aromatic heterocycles. The monoisotopic (exact) mass is 343 g/mol. The molecule has 20 heavy (non-hydrogen) atoms. The van der Waals surface area contributed by atoms with Gasteiger partial charge < -0.3 is 14.4 Å². The van der Waals surface area contributed by atoms with Gasteiger partial charge in [-0.25, -0.2) is 0 Å². The Morgan fingerprint density at radius 3 is 2.65 bits per heavy atom. The van der Waals surface area contributed by atoms with Gasteiger partial charge in [-0.05, 0) is 47.5 Å². The van der Waals surface area contributed by atoms with Gasteiger partial charge >= 0.3 is 0 Å². The minimum Gasteiger partial charge on any atom is -0.497 e. The van der Waals surface area contributed by atoms with Crippen LogP contribution in [0.15, 0.2) is 22.7 Å². The van der Waals surface area contributed by atoms with Crippen LogP contribution in [0, 0.1) is 0 Å². The van der Waals surface area contributed by atoms with Crippen molar-refractivity contribution in [1.82, 2.24) is 4.90 Å². The number of methoxy groups -OCH3 is 2. The van der Waals surface area contributed by atoms with Gasteiger partial charge in [0.05, 0.1) is 19.3 Å². The van der Waals surface area contributed by atoms with Gasteiger partial charge in [0.2, 0.25) is 0 Å². The van der Waals surface area contributed by atoms with Gasteiger partial charge in [-0.3, -0.25) is 4.79 Å². The van der Waals surface area contributed by atoms with Gasteiger partial charge in [-0.1, -0.05) is 6.92 Å². The fourth-order valence-corrected chi connectivity index (χ4v) is 2.30. The zero-order valence-corrected chi connectivity index (χ0v) is 14.1. The maximum absolute atomic E-state index is 12.7. The molecule has 0 radical (unpaired) electrons. The lowest BCUT2D eigenvalue weighted by Crippen LogP contribution is -2.40. The first-order valence-corrected chi connectivity index (χ1v) is 7.47. The number of hydrogen-bond acceptors (Lipinski definition) is 3. The zero-order chi connectivity index (χ0) is 15.1. The van der Waals surface area contributed by atoms with Crippen LogP contribution in [0.4, 0.5) is 0 Å². The molecule has 0 aliphatic heterocycles. The summed E-state index contributed by atoms with van der Waals surface area (Å²) in [6.45, 7) is 5.21. The highest BCUT2D eigenvalue weighted by Gasteiger charge is 2.22. The molecule has 4 nitrogen and oxygen atoms in total. The van der Waals surface area contributed by atoms with E-state index in [2.05, 4.69) is 22.9 Å². The zero-order valence-electron chi connectivity index (χ0n) is 12.5. The minimum absolute atomic E-state index is 0.0119. The van der Waals surface area contributed by atoms with Gasteiger partial charge in [-0.15, -0.1) is 0 Å². The van der Waals surface area contributed by atoms with E-state index in [4.69, 9.17) is 9.47 Å². The van der Waals surface area contributed by atoms with Gasteiger partial charge in [0.15, 0.2) is 0 Å². The Bertz CT molecular complexity index is 451. The molecule has 5 heteroatoms. The van der Waals surface area contributed by atoms with Crippen molar-refractivity contribution in [3.05, 3.63) is 28.2 Å². The van der Waals surface area contributed by atoms with Crippen LogP contribution in [0.5, 0.6) is 5.75 Å². The summed E-state index contributed by atoms with van der Waals surface area (Å²) in [5, 5.41) is 0. The van der Waals surface area contributed by atoms with Crippen LogP contribution in [0.1, 0.15) is 30.6 Å². The van der Waals surface area contributed by atoms with Crippen LogP contribution in [0.3, 0.4) is 0 Å². The summed E-state index contributed by atoms with van der Waals surface area (Å²) in [5.41, 5.74) is 0.612. The van der Waals surface area contributed by atoms with Gasteiger partial charge in [0.25, 0.3) is 5.91 Å². The Morgan fingerprint density at radius 1 is 1.40 bits per heavy atom. The molecule has 0 heterocycles. The minimum atomic E-state index is -0.0119. The lowest BCUT2D eigenvalue weighted by atomic mass is 10.1. The van der Waals surface area contributed by atoms with E-state index in [1.807, 2.05) is 24.0 Å². The summed E-state index contributed by atoms with van der Waals surface area (Å²) < 4.78 is 11.1. The molecule has 0 saturated heterocycles. The maximum atomic E-state index is 12.7. The Kier molecular flexibility index (Phi) is 7.02. The van der Waals surface area contributed by atoms with Crippen LogP contribution >= 0.6 is 15.9 Å². The molecule has 0 aliphatic rings. The molecule has 0 aliphatic carbocycles. The van der Waals surface area contributed by atoms with Crippen molar-refractivity contribution < 1.29 is 14.3 Å². The molecule has 0 N–H and O–H groups in total. The summed E-state index contributed by atoms with van der Waals surface area (Å²) in [4.78, 5) is 14.6. The number of ether oxygens (including phenoxy) is 2. The van der Waals surface area contributed by atoms with E-state index in [1.54, 1.807) is 20.3 Å². The first-order chi connectivity index (χ1) is 9.54. The van der Waals surface area contributed by atoms with E-state index < -0.39 is 0 Å². The summed E-state index contributed by atoms with van der Waals surface area (Å²) >= 11 is 3.43. The Morgan fingerprint density at radius 2 is 2.10 bits per heavy atom. The molecular formula is C15H22BrNO3. The second-order valence-electron chi connectivity index (χ2n) is 4.59. The third-order valence-corrected chi connectivity index (χ3v) is 4.02. The molecule has 0 saturated carbocycles. The van der Waals surface area contributed by atoms with E-state index in [-0.39, 0.29) is 11.9 Å². The highest BCUT2D eigenvalue weighted by atomic mass is 79.9. The van der Waals surface area contributed by atoms with E-state index in [0.29, 0.717) is 24.5 Å². The van der Waals surface area contributed by atoms with Crippen molar-refractivity contribution in [2.75, 3.05) is 27.4 Å². The molecule has 1 unspecified atom stereocenters. The van der Waals surface area contributed by atoms with E-state index in [0.717, 1.165) is 10.9 Å². The van der Waals surface area contributed by atoms with Gasteiger partial charge in [0.1, 0.15) is 5.75 Å². The number of hydrogen-bond donors (Lipinski definition) is 0. The van der Waals surface area contributed by atoms with Crippen LogP contribution < -0.4 is 4.74 Å². The number of nitrogens with zero attached hydrogens (tertiary/aromatic N) is 1. The number of carbonyl (C=O) groups is 1. The second-order valence-corrected chi connectivity index (χ2v) is 5.45. The van der Waals surface area contributed by atoms with Crippen molar-refractivity contribution in [3.8, 4) is 5.75 Å². The normalized spacial score (nSPS) is 12.1. The lowest BCUT2D eigenvalue weighted by Gasteiger charge is -2.29. The maximum Gasteiger partial charge on any atom is 0.255 e. The molecule has 1 atom stereocenters. The van der Waals surface area contributed by atoms with Gasteiger partial charge in [-0.2, -0.15) is 0 Å². The van der Waals surface area contributed by atoms with E-state index in [1.165, 1.54) is 0 Å². The molecule has 1 aromatic rings. The van der Waals surface area contributed by atoms with Crippen LogP contribution in [-0.4, -0.2) is 44.2 Å². The number of halogens is 1. The smallest absolute Gasteiger partial charge is 0.255 e. The molecular weight excluding hydrogens is 322 g/mol. The van der Waals surface area contributed by atoms with Crippen LogP contribution in [-0.2, 0) is 4.74 Å². The summed E-state index contributed by atoms with van der Waals surface area (Å²) in [6, 6.07) is 5.57. The fraction of sp³-hybridized carbons (Fsp3) is 0.533. The predicted octanol–water partition coefficient (Wildman–Crippen LogP) is 3.34. The van der Waals surface area contributed by atoms with Crippen molar-refractivity contribution in [3.63, 3.8) is 0 Å². The number of amides is 1. The van der Waals surface area contributed by atoms with Crippen molar-refractivity contribution >= 4 is 21.8 Å². The second kappa shape index (κ2) is 8.27. The Hall–Kier alpha value is -1.07. The molecule has 1 aromatic carbocycles. The highest BCUT2D eigenvalue weighted by Crippen LogP contribution is 2.24. The number of rotatable bonds is 7. The molecule has 0 bridgehead atoms.